The number of nitrogens with one attached hydrogen (secondary N) is 2. The topological polar surface area (TPSA) is 91.6 Å². The number of aromatic nitrogens is 3. The summed E-state index contributed by atoms with van der Waals surface area (Å²) in [7, 11) is 0. The van der Waals surface area contributed by atoms with Crippen LogP contribution >= 0.6 is 0 Å². The highest BCUT2D eigenvalue weighted by Gasteiger charge is 2.35. The van der Waals surface area contributed by atoms with Crippen molar-refractivity contribution < 1.29 is 9.59 Å². The molecule has 1 aliphatic heterocycles. The van der Waals surface area contributed by atoms with E-state index in [0.717, 1.165) is 28.0 Å². The lowest BCUT2D eigenvalue weighted by molar-refractivity contribution is 0.0728. The Morgan fingerprint density at radius 2 is 2.03 bits per heavy atom. The average Bonchev–Trinajstić information content (AvgIpc) is 3.20. The molecule has 2 N–H and O–H groups in total. The first-order valence-corrected chi connectivity index (χ1v) is 10.2. The molecule has 156 valence electrons. The van der Waals surface area contributed by atoms with E-state index >= 15 is 0 Å². The minimum atomic E-state index is -0.120. The summed E-state index contributed by atoms with van der Waals surface area (Å²) < 4.78 is 1.81. The van der Waals surface area contributed by atoms with Gasteiger partial charge in [0.2, 0.25) is 0 Å². The lowest BCUT2D eigenvalue weighted by atomic mass is 10.1. The molecule has 3 heterocycles. The molecule has 0 saturated heterocycles. The van der Waals surface area contributed by atoms with Crippen LogP contribution in [0.2, 0.25) is 0 Å². The number of amides is 2. The Morgan fingerprint density at radius 1 is 1.27 bits per heavy atom. The number of nitrogens with zero attached hydrogens (tertiary/aromatic N) is 4. The van der Waals surface area contributed by atoms with Crippen molar-refractivity contribution in [2.24, 2.45) is 0 Å². The van der Waals surface area contributed by atoms with E-state index in [2.05, 4.69) is 20.7 Å². The van der Waals surface area contributed by atoms with Crippen molar-refractivity contribution in [3.05, 3.63) is 52.5 Å². The molecule has 0 spiro atoms. The third-order valence-electron chi connectivity index (χ3n) is 5.57. The van der Waals surface area contributed by atoms with Crippen molar-refractivity contribution in [3.8, 4) is 0 Å². The summed E-state index contributed by atoms with van der Waals surface area (Å²) in [5.41, 5.74) is 5.58. The molecule has 8 nitrogen and oxygen atoms in total. The van der Waals surface area contributed by atoms with Crippen LogP contribution in [0.25, 0.3) is 5.52 Å². The zero-order chi connectivity index (χ0) is 21.6. The Hall–Kier alpha value is -3.42. The molecular weight excluding hydrogens is 380 g/mol. The summed E-state index contributed by atoms with van der Waals surface area (Å²) in [6.45, 7) is 10.9. The third-order valence-corrected chi connectivity index (χ3v) is 5.57. The predicted molar refractivity (Wildman–Crippen MR) is 115 cm³/mol. The molecule has 0 fully saturated rings. The molecule has 0 saturated carbocycles. The van der Waals surface area contributed by atoms with Crippen molar-refractivity contribution in [1.29, 1.82) is 0 Å². The molecule has 30 heavy (non-hydrogen) atoms. The van der Waals surface area contributed by atoms with Crippen LogP contribution < -0.4 is 10.6 Å². The summed E-state index contributed by atoms with van der Waals surface area (Å²) in [4.78, 5) is 31.5. The lowest BCUT2D eigenvalue weighted by Crippen LogP contribution is -2.31. The third kappa shape index (κ3) is 3.08. The molecule has 2 amide bonds. The maximum atomic E-state index is 12.9. The normalized spacial score (nSPS) is 13.3. The number of hydrogen-bond acceptors (Lipinski definition) is 5. The first-order chi connectivity index (χ1) is 14.3. The molecule has 1 aromatic carbocycles. The molecular formula is C22H26N6O2. The molecule has 0 unspecified atom stereocenters. The highest BCUT2D eigenvalue weighted by atomic mass is 16.2. The van der Waals surface area contributed by atoms with E-state index in [1.54, 1.807) is 6.07 Å². The van der Waals surface area contributed by atoms with Crippen LogP contribution in [0.3, 0.4) is 0 Å². The van der Waals surface area contributed by atoms with Gasteiger partial charge in [0, 0.05) is 23.8 Å². The summed E-state index contributed by atoms with van der Waals surface area (Å²) >= 11 is 0. The fourth-order valence-corrected chi connectivity index (χ4v) is 3.94. The van der Waals surface area contributed by atoms with E-state index in [-0.39, 0.29) is 17.9 Å². The van der Waals surface area contributed by atoms with Gasteiger partial charge in [-0.2, -0.15) is 5.10 Å². The van der Waals surface area contributed by atoms with Gasteiger partial charge in [-0.15, -0.1) is 0 Å². The van der Waals surface area contributed by atoms with Crippen LogP contribution in [0.4, 0.5) is 11.5 Å². The van der Waals surface area contributed by atoms with E-state index in [9.17, 15) is 9.59 Å². The average molecular weight is 406 g/mol. The van der Waals surface area contributed by atoms with Crippen LogP contribution in [-0.2, 0) is 6.54 Å². The van der Waals surface area contributed by atoms with Crippen molar-refractivity contribution in [3.63, 3.8) is 0 Å². The number of fused-ring (bicyclic) bond motifs is 3. The number of rotatable bonds is 5. The standard InChI is InChI=1S/C22H26N6O2/c1-6-23-21(29)15-8-7-13(4)16(9-15)26-20-19-14(5)18-17(28(19)25-11-24-20)10-27(12(2)3)22(18)30/h7-9,11-12H,6,10H2,1-5H3,(H,23,29)(H,24,25,26). The van der Waals surface area contributed by atoms with Crippen molar-refractivity contribution in [2.45, 2.75) is 47.2 Å². The Kier molecular flexibility index (Phi) is 4.93. The maximum Gasteiger partial charge on any atom is 0.256 e. The second-order valence-corrected chi connectivity index (χ2v) is 7.86. The fourth-order valence-electron chi connectivity index (χ4n) is 3.94. The molecule has 2 aromatic heterocycles. The van der Waals surface area contributed by atoms with Gasteiger partial charge >= 0.3 is 0 Å². The van der Waals surface area contributed by atoms with E-state index in [4.69, 9.17) is 0 Å². The highest BCUT2D eigenvalue weighted by molar-refractivity contribution is 6.03. The second-order valence-electron chi connectivity index (χ2n) is 7.86. The number of aryl methyl sites for hydroxylation is 2. The zero-order valence-electron chi connectivity index (χ0n) is 17.9. The monoisotopic (exact) mass is 406 g/mol. The van der Waals surface area contributed by atoms with Crippen molar-refractivity contribution in [2.75, 3.05) is 11.9 Å². The van der Waals surface area contributed by atoms with Crippen molar-refractivity contribution in [1.82, 2.24) is 24.8 Å². The highest BCUT2D eigenvalue weighted by Crippen LogP contribution is 2.35. The quantitative estimate of drug-likeness (QED) is 0.679. The van der Waals surface area contributed by atoms with Gasteiger partial charge in [-0.3, -0.25) is 9.59 Å². The zero-order valence-corrected chi connectivity index (χ0v) is 17.9. The Labute approximate surface area is 175 Å². The Morgan fingerprint density at radius 3 is 2.73 bits per heavy atom. The number of benzene rings is 1. The number of hydrogen-bond donors (Lipinski definition) is 2. The lowest BCUT2D eigenvalue weighted by Gasteiger charge is -2.21. The fraction of sp³-hybridized carbons (Fsp3) is 0.364. The van der Waals surface area contributed by atoms with Gasteiger partial charge in [-0.1, -0.05) is 6.07 Å². The molecule has 4 rings (SSSR count). The Bertz CT molecular complexity index is 1160. The summed E-state index contributed by atoms with van der Waals surface area (Å²) in [5, 5.41) is 10.6. The van der Waals surface area contributed by atoms with Gasteiger partial charge in [0.15, 0.2) is 5.82 Å². The molecule has 0 radical (unpaired) electrons. The van der Waals surface area contributed by atoms with Crippen LogP contribution in [0.15, 0.2) is 24.5 Å². The summed E-state index contributed by atoms with van der Waals surface area (Å²) in [5.74, 6) is 0.519. The minimum Gasteiger partial charge on any atom is -0.352 e. The molecule has 8 heteroatoms. The smallest absolute Gasteiger partial charge is 0.256 e. The largest absolute Gasteiger partial charge is 0.352 e. The van der Waals surface area contributed by atoms with Gasteiger partial charge in [-0.25, -0.2) is 9.50 Å². The first-order valence-electron chi connectivity index (χ1n) is 10.2. The number of carbonyl (C=O) groups is 2. The Balaban J connectivity index is 1.77. The maximum absolute atomic E-state index is 12.9. The first kappa shape index (κ1) is 19.9. The summed E-state index contributed by atoms with van der Waals surface area (Å²) in [6.07, 6.45) is 1.49. The van der Waals surface area contributed by atoms with E-state index < -0.39 is 0 Å². The minimum absolute atomic E-state index is 0.0309. The van der Waals surface area contributed by atoms with Crippen LogP contribution in [-0.4, -0.2) is 43.9 Å². The molecule has 0 bridgehead atoms. The van der Waals surface area contributed by atoms with Gasteiger partial charge in [0.1, 0.15) is 11.8 Å². The number of carbonyl (C=O) groups excluding carboxylic acids is 2. The van der Waals surface area contributed by atoms with E-state index in [0.29, 0.717) is 30.0 Å². The van der Waals surface area contributed by atoms with E-state index in [1.807, 2.05) is 56.2 Å². The second kappa shape index (κ2) is 7.44. The SMILES string of the molecule is CCNC(=O)c1ccc(C)c(Nc2ncnn3c4c(c(C)c23)C(=O)N(C(C)C)C4)c1. The van der Waals surface area contributed by atoms with Gasteiger partial charge in [0.25, 0.3) is 11.8 Å². The molecule has 1 aliphatic rings. The van der Waals surface area contributed by atoms with Crippen LogP contribution in [0, 0.1) is 13.8 Å². The summed E-state index contributed by atoms with van der Waals surface area (Å²) in [6, 6.07) is 5.65. The molecule has 3 aromatic rings. The number of anilines is 2. The van der Waals surface area contributed by atoms with Gasteiger partial charge in [0.05, 0.1) is 17.8 Å². The van der Waals surface area contributed by atoms with E-state index in [1.165, 1.54) is 6.33 Å². The predicted octanol–water partition coefficient (Wildman–Crippen LogP) is 3.20. The van der Waals surface area contributed by atoms with Crippen LogP contribution in [0.1, 0.15) is 58.3 Å². The van der Waals surface area contributed by atoms with Crippen molar-refractivity contribution >= 4 is 28.8 Å². The van der Waals surface area contributed by atoms with Gasteiger partial charge in [-0.05, 0) is 57.9 Å². The van der Waals surface area contributed by atoms with Gasteiger partial charge < -0.3 is 15.5 Å². The molecule has 0 atom stereocenters. The van der Waals surface area contributed by atoms with Crippen LogP contribution in [0.5, 0.6) is 0 Å². The molecule has 0 aliphatic carbocycles.